The van der Waals surface area contributed by atoms with E-state index in [0.29, 0.717) is 6.54 Å². The molecule has 2 aromatic rings. The molecule has 0 saturated carbocycles. The first kappa shape index (κ1) is 19.1. The molecule has 0 atom stereocenters. The Kier molecular flexibility index (Phi) is 6.03. The maximum Gasteiger partial charge on any atom is 0.236 e. The van der Waals surface area contributed by atoms with Crippen molar-refractivity contribution in [1.29, 1.82) is 0 Å². The molecule has 0 radical (unpaired) electrons. The van der Waals surface area contributed by atoms with E-state index in [2.05, 4.69) is 45.0 Å². The van der Waals surface area contributed by atoms with Crippen LogP contribution < -0.4 is 9.80 Å². The number of amides is 1. The Morgan fingerprint density at radius 1 is 0.750 bits per heavy atom. The highest BCUT2D eigenvalue weighted by atomic mass is 35.5. The molecule has 0 aromatic heterocycles. The first-order chi connectivity index (χ1) is 13.7. The lowest BCUT2D eigenvalue weighted by Gasteiger charge is -2.39. The molecule has 28 heavy (non-hydrogen) atoms. The molecule has 2 aliphatic heterocycles. The quantitative estimate of drug-likeness (QED) is 0.792. The van der Waals surface area contributed by atoms with Crippen LogP contribution in [0.2, 0.25) is 5.02 Å². The van der Waals surface area contributed by atoms with Crippen LogP contribution in [0.5, 0.6) is 0 Å². The standard InChI is InChI=1S/C22H27ClN4O/c23-20-8-4-5-9-21(20)26-12-10-24(11-13-26)18-22(28)27-16-14-25(15-17-27)19-6-2-1-3-7-19/h1-9H,10-18H2. The number of anilines is 2. The van der Waals surface area contributed by atoms with Crippen molar-refractivity contribution >= 4 is 28.9 Å². The molecule has 2 aliphatic rings. The Morgan fingerprint density at radius 3 is 2.04 bits per heavy atom. The van der Waals surface area contributed by atoms with Crippen LogP contribution >= 0.6 is 11.6 Å². The number of rotatable bonds is 4. The molecule has 2 fully saturated rings. The summed E-state index contributed by atoms with van der Waals surface area (Å²) in [7, 11) is 0. The molecular weight excluding hydrogens is 372 g/mol. The second-order valence-electron chi connectivity index (χ2n) is 7.42. The smallest absolute Gasteiger partial charge is 0.236 e. The van der Waals surface area contributed by atoms with Crippen LogP contribution in [-0.2, 0) is 4.79 Å². The number of halogens is 1. The summed E-state index contributed by atoms with van der Waals surface area (Å²) in [4.78, 5) is 21.7. The lowest BCUT2D eigenvalue weighted by atomic mass is 10.2. The van der Waals surface area contributed by atoms with Gasteiger partial charge in [-0.3, -0.25) is 9.69 Å². The van der Waals surface area contributed by atoms with Crippen molar-refractivity contribution in [2.45, 2.75) is 0 Å². The normalized spacial score (nSPS) is 18.4. The van der Waals surface area contributed by atoms with Gasteiger partial charge in [0.1, 0.15) is 0 Å². The van der Waals surface area contributed by atoms with E-state index < -0.39 is 0 Å². The van der Waals surface area contributed by atoms with E-state index in [-0.39, 0.29) is 5.91 Å². The lowest BCUT2D eigenvalue weighted by Crippen LogP contribution is -2.54. The molecule has 148 valence electrons. The Morgan fingerprint density at radius 2 is 1.36 bits per heavy atom. The van der Waals surface area contributed by atoms with E-state index in [1.807, 2.05) is 29.2 Å². The molecule has 0 bridgehead atoms. The fourth-order valence-electron chi connectivity index (χ4n) is 4.00. The predicted molar refractivity (Wildman–Crippen MR) is 115 cm³/mol. The molecule has 2 saturated heterocycles. The van der Waals surface area contributed by atoms with Crippen LogP contribution in [0, 0.1) is 0 Å². The summed E-state index contributed by atoms with van der Waals surface area (Å²) in [5.41, 5.74) is 2.33. The third kappa shape index (κ3) is 4.42. The van der Waals surface area contributed by atoms with Gasteiger partial charge >= 0.3 is 0 Å². The Hall–Kier alpha value is -2.24. The van der Waals surface area contributed by atoms with E-state index in [1.54, 1.807) is 0 Å². The number of hydrogen-bond acceptors (Lipinski definition) is 4. The number of para-hydroxylation sites is 2. The van der Waals surface area contributed by atoms with Crippen LogP contribution in [0.3, 0.4) is 0 Å². The summed E-state index contributed by atoms with van der Waals surface area (Å²) in [5.74, 6) is 0.249. The van der Waals surface area contributed by atoms with Gasteiger partial charge in [0.15, 0.2) is 0 Å². The van der Waals surface area contributed by atoms with Crippen LogP contribution in [0.15, 0.2) is 54.6 Å². The van der Waals surface area contributed by atoms with Crippen LogP contribution in [0.4, 0.5) is 11.4 Å². The van der Waals surface area contributed by atoms with E-state index >= 15 is 0 Å². The minimum Gasteiger partial charge on any atom is -0.368 e. The zero-order chi connectivity index (χ0) is 19.3. The molecule has 5 nitrogen and oxygen atoms in total. The van der Waals surface area contributed by atoms with Crippen molar-refractivity contribution in [1.82, 2.24) is 9.80 Å². The summed E-state index contributed by atoms with van der Waals surface area (Å²) in [6.45, 7) is 7.49. The Labute approximate surface area is 172 Å². The van der Waals surface area contributed by atoms with Gasteiger partial charge in [0.2, 0.25) is 5.91 Å². The van der Waals surface area contributed by atoms with Crippen LogP contribution in [0.25, 0.3) is 0 Å². The Balaban J connectivity index is 1.24. The van der Waals surface area contributed by atoms with Crippen LogP contribution in [0.1, 0.15) is 0 Å². The number of piperazine rings is 2. The summed E-state index contributed by atoms with van der Waals surface area (Å²) in [6.07, 6.45) is 0. The second kappa shape index (κ2) is 8.84. The fraction of sp³-hybridized carbons (Fsp3) is 0.409. The first-order valence-electron chi connectivity index (χ1n) is 10.0. The molecule has 0 N–H and O–H groups in total. The fourth-order valence-corrected chi connectivity index (χ4v) is 4.25. The van der Waals surface area contributed by atoms with Gasteiger partial charge in [-0.05, 0) is 24.3 Å². The lowest BCUT2D eigenvalue weighted by molar-refractivity contribution is -0.132. The van der Waals surface area contributed by atoms with Gasteiger partial charge in [-0.25, -0.2) is 0 Å². The zero-order valence-corrected chi connectivity index (χ0v) is 16.9. The molecule has 2 aromatic carbocycles. The molecule has 0 aliphatic carbocycles. The topological polar surface area (TPSA) is 30.0 Å². The van der Waals surface area contributed by atoms with E-state index in [1.165, 1.54) is 5.69 Å². The van der Waals surface area contributed by atoms with Gasteiger partial charge in [-0.1, -0.05) is 41.9 Å². The van der Waals surface area contributed by atoms with Crippen molar-refractivity contribution in [2.75, 3.05) is 68.7 Å². The highest BCUT2D eigenvalue weighted by Gasteiger charge is 2.25. The molecule has 0 spiro atoms. The van der Waals surface area contributed by atoms with Gasteiger partial charge in [-0.2, -0.15) is 0 Å². The van der Waals surface area contributed by atoms with Gasteiger partial charge < -0.3 is 14.7 Å². The maximum atomic E-state index is 12.7. The number of benzene rings is 2. The number of hydrogen-bond donors (Lipinski definition) is 0. The molecule has 6 heteroatoms. The van der Waals surface area contributed by atoms with Crippen molar-refractivity contribution in [3.8, 4) is 0 Å². The van der Waals surface area contributed by atoms with E-state index in [0.717, 1.165) is 63.1 Å². The zero-order valence-electron chi connectivity index (χ0n) is 16.1. The van der Waals surface area contributed by atoms with Crippen molar-refractivity contribution in [2.24, 2.45) is 0 Å². The molecule has 2 heterocycles. The van der Waals surface area contributed by atoms with Crippen LogP contribution in [-0.4, -0.2) is 74.6 Å². The minimum absolute atomic E-state index is 0.249. The third-order valence-corrected chi connectivity index (χ3v) is 6.00. The van der Waals surface area contributed by atoms with Gasteiger partial charge in [0, 0.05) is 58.0 Å². The van der Waals surface area contributed by atoms with E-state index in [9.17, 15) is 4.79 Å². The predicted octanol–water partition coefficient (Wildman–Crippen LogP) is 2.81. The molecule has 0 unspecified atom stereocenters. The van der Waals surface area contributed by atoms with Crippen molar-refractivity contribution < 1.29 is 4.79 Å². The highest BCUT2D eigenvalue weighted by molar-refractivity contribution is 6.33. The molecule has 4 rings (SSSR count). The largest absolute Gasteiger partial charge is 0.368 e. The van der Waals surface area contributed by atoms with Gasteiger partial charge in [-0.15, -0.1) is 0 Å². The van der Waals surface area contributed by atoms with Crippen molar-refractivity contribution in [3.63, 3.8) is 0 Å². The highest BCUT2D eigenvalue weighted by Crippen LogP contribution is 2.26. The SMILES string of the molecule is O=C(CN1CCN(c2ccccc2Cl)CC1)N1CCN(c2ccccc2)CC1. The van der Waals surface area contributed by atoms with Crippen molar-refractivity contribution in [3.05, 3.63) is 59.6 Å². The number of carbonyl (C=O) groups excluding carboxylic acids is 1. The molecule has 1 amide bonds. The van der Waals surface area contributed by atoms with E-state index in [4.69, 9.17) is 11.6 Å². The summed E-state index contributed by atoms with van der Waals surface area (Å²) >= 11 is 6.32. The monoisotopic (exact) mass is 398 g/mol. The van der Waals surface area contributed by atoms with Gasteiger partial charge in [0.05, 0.1) is 17.3 Å². The van der Waals surface area contributed by atoms with Gasteiger partial charge in [0.25, 0.3) is 0 Å². The minimum atomic E-state index is 0.249. The number of carbonyl (C=O) groups is 1. The maximum absolute atomic E-state index is 12.7. The Bertz CT molecular complexity index is 784. The number of nitrogens with zero attached hydrogens (tertiary/aromatic N) is 4. The summed E-state index contributed by atoms with van der Waals surface area (Å²) < 4.78 is 0. The molecular formula is C22H27ClN4O. The first-order valence-corrected chi connectivity index (χ1v) is 10.4. The average Bonchev–Trinajstić information content (AvgIpc) is 2.75. The summed E-state index contributed by atoms with van der Waals surface area (Å²) in [6, 6.07) is 18.4. The second-order valence-corrected chi connectivity index (χ2v) is 7.83. The third-order valence-electron chi connectivity index (χ3n) is 5.68. The average molecular weight is 399 g/mol. The summed E-state index contributed by atoms with van der Waals surface area (Å²) in [5, 5.41) is 0.795.